The highest BCUT2D eigenvalue weighted by atomic mass is 16.4. The molecule has 0 spiro atoms. The van der Waals surface area contributed by atoms with E-state index in [-0.39, 0.29) is 6.42 Å². The zero-order valence-corrected chi connectivity index (χ0v) is 32.0. The number of aliphatic hydroxyl groups excluding tert-OH is 1. The van der Waals surface area contributed by atoms with E-state index in [0.29, 0.717) is 5.56 Å². The van der Waals surface area contributed by atoms with Gasteiger partial charge < -0.3 is 73.7 Å². The lowest BCUT2D eigenvalue weighted by atomic mass is 10.0. The number of aliphatic hydroxyl groups is 1. The van der Waals surface area contributed by atoms with Crippen LogP contribution in [0.4, 0.5) is 0 Å². The van der Waals surface area contributed by atoms with Crippen molar-refractivity contribution in [1.82, 2.24) is 47.5 Å². The fourth-order valence-corrected chi connectivity index (χ4v) is 5.00. The molecule has 25 nitrogen and oxygen atoms in total. The number of carboxylic acid groups (broad SMARTS) is 3. The van der Waals surface area contributed by atoms with Gasteiger partial charge in [0.15, 0.2) is 0 Å². The Bertz CT molecular complexity index is 2020. The number of nitrogens with one attached hydrogen (secondary N) is 9. The molecule has 0 saturated carbocycles. The Morgan fingerprint density at radius 1 is 0.717 bits per heavy atom. The molecule has 0 fully saturated rings. The number of para-hydroxylation sites is 1. The van der Waals surface area contributed by atoms with Gasteiger partial charge in [-0.1, -0.05) is 18.2 Å². The smallest absolute Gasteiger partial charge is 0.326 e. The number of nitrogens with two attached hydrogens (primary N) is 1. The van der Waals surface area contributed by atoms with E-state index in [0.717, 1.165) is 17.8 Å². The number of amides is 8. The van der Waals surface area contributed by atoms with Crippen molar-refractivity contribution in [3.05, 3.63) is 36.0 Å². The molecule has 0 aliphatic heterocycles. The standard InChI is InChI=1S/C35H48N10O15/c1-16(41-32(56)20(36)9-18-11-37-21-6-4-3-5-19(18)21)30(54)39-12-25(47)38-13-26(48)44-23(10-29(52)53)34(58)42-17(2)31(55)45-24(15-46)33(57)40-14-27(49)43-22(35(59)60)7-8-28(50)51/h3-6,11,16-17,20,22-24,37,46H,7-10,12-15,36H2,1-2H3,(H,38,47)(H,39,54)(H,40,57)(H,41,56)(H,42,58)(H,43,49)(H,44,48)(H,45,55)(H,50,51)(H,52,53)(H,59,60)/t16-,17+,20+,22+,23+,24+/m1/s1/i1T,16T. The van der Waals surface area contributed by atoms with Crippen molar-refractivity contribution in [3.63, 3.8) is 0 Å². The first-order valence-electron chi connectivity index (χ1n) is 19.0. The molecule has 60 heavy (non-hydrogen) atoms. The van der Waals surface area contributed by atoms with Gasteiger partial charge in [-0.05, 0) is 38.3 Å². The number of carbonyl (C=O) groups is 11. The van der Waals surface area contributed by atoms with Crippen molar-refractivity contribution in [1.29, 1.82) is 0 Å². The number of benzene rings is 1. The lowest BCUT2D eigenvalue weighted by molar-refractivity contribution is -0.143. The third-order valence-electron chi connectivity index (χ3n) is 8.16. The SMILES string of the molecule is [3H]C[C@@]([3H])(NC(=O)[C@@H](N)Cc1c[nH]c2ccccc12)C(=O)NCC(=O)NCC(=O)N[C@@H](CC(=O)O)C(=O)N[C@@H](C)C(=O)N[C@@H](CO)C(=O)NCC(=O)N[C@@H](CCC(=O)O)C(=O)O. The summed E-state index contributed by atoms with van der Waals surface area (Å²) in [5.41, 5.74) is 7.50. The lowest BCUT2D eigenvalue weighted by Gasteiger charge is -2.22. The van der Waals surface area contributed by atoms with Gasteiger partial charge in [-0.2, -0.15) is 0 Å². The maximum absolute atomic E-state index is 12.9. The number of rotatable bonds is 25. The summed E-state index contributed by atoms with van der Waals surface area (Å²) in [6.07, 6.45) is -0.382. The second-order valence-electron chi connectivity index (χ2n) is 12.9. The number of aromatic amines is 1. The van der Waals surface area contributed by atoms with E-state index in [4.69, 9.17) is 18.7 Å². The van der Waals surface area contributed by atoms with Crippen LogP contribution in [0.1, 0.15) is 41.4 Å². The van der Waals surface area contributed by atoms with Crippen LogP contribution in [0.2, 0.25) is 0 Å². The number of carboxylic acids is 3. The van der Waals surface area contributed by atoms with Crippen LogP contribution in [0.25, 0.3) is 10.9 Å². The van der Waals surface area contributed by atoms with Crippen LogP contribution >= 0.6 is 0 Å². The predicted octanol–water partition coefficient (Wildman–Crippen LogP) is -5.73. The van der Waals surface area contributed by atoms with Crippen molar-refractivity contribution < 1.29 is 75.9 Å². The first-order chi connectivity index (χ1) is 29.1. The molecule has 2 aromatic rings. The molecule has 6 atom stereocenters. The minimum atomic E-state index is -2.57. The summed E-state index contributed by atoms with van der Waals surface area (Å²) in [6, 6.07) is -3.25. The number of H-pyrrole nitrogens is 1. The third kappa shape index (κ3) is 16.8. The Morgan fingerprint density at radius 3 is 1.95 bits per heavy atom. The van der Waals surface area contributed by atoms with Crippen LogP contribution in [0.5, 0.6) is 0 Å². The van der Waals surface area contributed by atoms with E-state index in [1.54, 1.807) is 12.3 Å². The predicted molar refractivity (Wildman–Crippen MR) is 204 cm³/mol. The average molecular weight is 853 g/mol. The molecule has 0 aliphatic carbocycles. The molecule has 25 heteroatoms. The van der Waals surface area contributed by atoms with Gasteiger partial charge in [0.25, 0.3) is 0 Å². The number of aliphatic carboxylic acids is 3. The van der Waals surface area contributed by atoms with Crippen LogP contribution in [0.3, 0.4) is 0 Å². The summed E-state index contributed by atoms with van der Waals surface area (Å²) in [6.45, 7) is -3.49. The van der Waals surface area contributed by atoms with Crippen LogP contribution in [-0.4, -0.2) is 153 Å². The summed E-state index contributed by atoms with van der Waals surface area (Å²) < 4.78 is 16.0. The highest BCUT2D eigenvalue weighted by molar-refractivity contribution is 5.97. The molecule has 1 aromatic heterocycles. The molecule has 15 N–H and O–H groups in total. The molecule has 2 rings (SSSR count). The Labute approximate surface area is 343 Å². The van der Waals surface area contributed by atoms with Crippen molar-refractivity contribution in [3.8, 4) is 0 Å². The van der Waals surface area contributed by atoms with Gasteiger partial charge in [0, 0.05) is 24.9 Å². The number of hydrogen-bond acceptors (Lipinski definition) is 13. The summed E-state index contributed by atoms with van der Waals surface area (Å²) in [7, 11) is 0. The Kier molecular flexibility index (Phi) is 18.2. The number of aromatic nitrogens is 1. The van der Waals surface area contributed by atoms with E-state index in [2.05, 4.69) is 31.6 Å². The molecular formula is C35H48N10O15. The normalized spacial score (nSPS) is 14.7. The maximum Gasteiger partial charge on any atom is 0.326 e. The zero-order chi connectivity index (χ0) is 46.7. The topological polar surface area (TPSA) is 407 Å². The van der Waals surface area contributed by atoms with E-state index < -0.39 is 154 Å². The van der Waals surface area contributed by atoms with Crippen molar-refractivity contribution in [2.24, 2.45) is 5.73 Å². The van der Waals surface area contributed by atoms with Gasteiger partial charge in [0.05, 0.1) is 40.1 Å². The summed E-state index contributed by atoms with van der Waals surface area (Å²) in [4.78, 5) is 137. The van der Waals surface area contributed by atoms with Crippen molar-refractivity contribution >= 4 is 76.1 Å². The molecular weight excluding hydrogens is 800 g/mol. The van der Waals surface area contributed by atoms with E-state index in [9.17, 15) is 63.0 Å². The molecule has 8 amide bonds. The maximum atomic E-state index is 12.9. The molecule has 0 aliphatic rings. The number of hydrogen-bond donors (Lipinski definition) is 14. The molecule has 1 heterocycles. The van der Waals surface area contributed by atoms with Crippen molar-refractivity contribution in [2.45, 2.75) is 75.7 Å². The van der Waals surface area contributed by atoms with Crippen LogP contribution in [0.15, 0.2) is 30.5 Å². The van der Waals surface area contributed by atoms with Gasteiger partial charge >= 0.3 is 17.9 Å². The molecule has 0 unspecified atom stereocenters. The fourth-order valence-electron chi connectivity index (χ4n) is 5.00. The largest absolute Gasteiger partial charge is 0.481 e. The van der Waals surface area contributed by atoms with E-state index >= 15 is 0 Å². The van der Waals surface area contributed by atoms with Crippen LogP contribution in [0, 0.1) is 0 Å². The number of fused-ring (bicyclic) bond motifs is 1. The minimum Gasteiger partial charge on any atom is -0.481 e. The first kappa shape index (κ1) is 45.6. The summed E-state index contributed by atoms with van der Waals surface area (Å²) >= 11 is 0. The second-order valence-corrected chi connectivity index (χ2v) is 12.9. The first-order valence-corrected chi connectivity index (χ1v) is 17.8. The van der Waals surface area contributed by atoms with Gasteiger partial charge in [-0.3, -0.25) is 47.9 Å². The highest BCUT2D eigenvalue weighted by Crippen LogP contribution is 2.18. The molecule has 328 valence electrons. The van der Waals surface area contributed by atoms with E-state index in [1.165, 1.54) is 0 Å². The van der Waals surface area contributed by atoms with Gasteiger partial charge in [-0.25, -0.2) is 4.79 Å². The lowest BCUT2D eigenvalue weighted by Crippen LogP contribution is -2.58. The zero-order valence-electron chi connectivity index (χ0n) is 34.0. The van der Waals surface area contributed by atoms with E-state index in [1.807, 2.05) is 34.1 Å². The third-order valence-corrected chi connectivity index (χ3v) is 8.16. The quantitative estimate of drug-likeness (QED) is 0.0443. The van der Waals surface area contributed by atoms with Crippen molar-refractivity contribution in [2.75, 3.05) is 26.2 Å². The molecule has 1 aromatic carbocycles. The number of carbonyl (C=O) groups excluding carboxylic acids is 8. The summed E-state index contributed by atoms with van der Waals surface area (Å²) in [5.74, 6) is -13.3. The fraction of sp³-hybridized carbons (Fsp3) is 0.457. The highest BCUT2D eigenvalue weighted by Gasteiger charge is 2.29. The van der Waals surface area contributed by atoms with Gasteiger partial charge in [0.1, 0.15) is 30.2 Å². The second kappa shape index (κ2) is 23.9. The molecule has 0 bridgehead atoms. The monoisotopic (exact) mass is 852 g/mol. The van der Waals surface area contributed by atoms with Crippen LogP contribution in [-0.2, 0) is 59.2 Å². The average Bonchev–Trinajstić information content (AvgIpc) is 3.62. The van der Waals surface area contributed by atoms with Gasteiger partial charge in [-0.15, -0.1) is 0 Å². The Balaban J connectivity index is 1.86. The molecule has 0 saturated heterocycles. The van der Waals surface area contributed by atoms with Crippen LogP contribution < -0.4 is 48.3 Å². The Hall–Kier alpha value is -7.15. The summed E-state index contributed by atoms with van der Waals surface area (Å²) in [5, 5.41) is 54.0. The minimum absolute atomic E-state index is 0.0253. The molecule has 0 radical (unpaired) electrons. The Morgan fingerprint density at radius 2 is 1.33 bits per heavy atom. The van der Waals surface area contributed by atoms with Gasteiger partial charge in [0.2, 0.25) is 47.3 Å².